The van der Waals surface area contributed by atoms with Gasteiger partial charge >= 0.3 is 0 Å². The maximum Gasteiger partial charge on any atom is 0.119 e. The highest BCUT2D eigenvalue weighted by Crippen LogP contribution is 2.21. The van der Waals surface area contributed by atoms with Crippen molar-refractivity contribution in [2.24, 2.45) is 5.41 Å². The van der Waals surface area contributed by atoms with E-state index in [1.165, 1.54) is 5.56 Å². The zero-order valence-electron chi connectivity index (χ0n) is 13.8. The van der Waals surface area contributed by atoms with Crippen molar-refractivity contribution < 1.29 is 4.74 Å². The van der Waals surface area contributed by atoms with Crippen LogP contribution in [0, 0.1) is 16.7 Å². The molecular formula is C18H28N2O. The van der Waals surface area contributed by atoms with Gasteiger partial charge in [0.05, 0.1) is 18.1 Å². The first-order chi connectivity index (χ1) is 9.96. The first-order valence-corrected chi connectivity index (χ1v) is 7.83. The molecule has 0 amide bonds. The van der Waals surface area contributed by atoms with E-state index in [9.17, 15) is 0 Å². The van der Waals surface area contributed by atoms with Gasteiger partial charge in [-0.3, -0.25) is 0 Å². The molecule has 0 aromatic heterocycles. The lowest BCUT2D eigenvalue weighted by atomic mass is 9.90. The van der Waals surface area contributed by atoms with Crippen LogP contribution >= 0.6 is 0 Å². The minimum absolute atomic E-state index is 0.254. The zero-order valence-corrected chi connectivity index (χ0v) is 13.8. The third-order valence-electron chi connectivity index (χ3n) is 3.54. The van der Waals surface area contributed by atoms with Gasteiger partial charge in [0.1, 0.15) is 5.75 Å². The Hall–Kier alpha value is -1.53. The fourth-order valence-electron chi connectivity index (χ4n) is 2.26. The van der Waals surface area contributed by atoms with E-state index in [1.807, 2.05) is 26.0 Å². The summed E-state index contributed by atoms with van der Waals surface area (Å²) in [5, 5.41) is 12.4. The second-order valence-electron chi connectivity index (χ2n) is 6.25. The Bertz CT molecular complexity index is 445. The van der Waals surface area contributed by atoms with Crippen LogP contribution in [0.2, 0.25) is 0 Å². The van der Waals surface area contributed by atoms with Crippen LogP contribution in [0.1, 0.15) is 46.1 Å². The van der Waals surface area contributed by atoms with Gasteiger partial charge in [0.15, 0.2) is 0 Å². The lowest BCUT2D eigenvalue weighted by Crippen LogP contribution is -2.27. The van der Waals surface area contributed by atoms with Gasteiger partial charge in [0.2, 0.25) is 0 Å². The van der Waals surface area contributed by atoms with Gasteiger partial charge < -0.3 is 10.1 Å². The van der Waals surface area contributed by atoms with Crippen LogP contribution in [-0.2, 0) is 6.42 Å². The molecule has 1 aromatic rings. The average molecular weight is 288 g/mol. The molecule has 0 aliphatic heterocycles. The normalized spacial score (nSPS) is 12.7. The van der Waals surface area contributed by atoms with E-state index in [1.54, 1.807) is 0 Å². The summed E-state index contributed by atoms with van der Waals surface area (Å²) in [4.78, 5) is 0. The predicted molar refractivity (Wildman–Crippen MR) is 87.4 cm³/mol. The van der Waals surface area contributed by atoms with Gasteiger partial charge in [0, 0.05) is 6.04 Å². The number of nitrogens with zero attached hydrogens (tertiary/aromatic N) is 1. The Morgan fingerprint density at radius 1 is 1.29 bits per heavy atom. The Morgan fingerprint density at radius 3 is 2.52 bits per heavy atom. The molecule has 21 heavy (non-hydrogen) atoms. The molecule has 0 saturated heterocycles. The second kappa shape index (κ2) is 8.69. The van der Waals surface area contributed by atoms with Crippen LogP contribution < -0.4 is 10.1 Å². The number of hydrogen-bond acceptors (Lipinski definition) is 3. The van der Waals surface area contributed by atoms with E-state index in [-0.39, 0.29) is 5.41 Å². The summed E-state index contributed by atoms with van der Waals surface area (Å²) in [5.41, 5.74) is 1.07. The van der Waals surface area contributed by atoms with Crippen LogP contribution in [0.3, 0.4) is 0 Å². The van der Waals surface area contributed by atoms with Crippen LogP contribution in [-0.4, -0.2) is 19.2 Å². The lowest BCUT2D eigenvalue weighted by Gasteiger charge is -2.15. The third kappa shape index (κ3) is 7.15. The van der Waals surface area contributed by atoms with Crippen molar-refractivity contribution in [2.45, 2.75) is 53.0 Å². The van der Waals surface area contributed by atoms with Crippen molar-refractivity contribution in [1.82, 2.24) is 5.32 Å². The van der Waals surface area contributed by atoms with Crippen molar-refractivity contribution in [3.63, 3.8) is 0 Å². The number of benzene rings is 1. The molecule has 0 saturated carbocycles. The van der Waals surface area contributed by atoms with E-state index in [0.717, 1.165) is 31.6 Å². The molecular weight excluding hydrogens is 260 g/mol. The van der Waals surface area contributed by atoms with Gasteiger partial charge in [-0.2, -0.15) is 5.26 Å². The highest BCUT2D eigenvalue weighted by molar-refractivity contribution is 5.27. The molecule has 116 valence electrons. The fraction of sp³-hybridized carbons (Fsp3) is 0.611. The number of nitriles is 1. The summed E-state index contributed by atoms with van der Waals surface area (Å²) >= 11 is 0. The summed E-state index contributed by atoms with van der Waals surface area (Å²) in [7, 11) is 0. The molecule has 1 atom stereocenters. The van der Waals surface area contributed by atoms with Crippen LogP contribution in [0.15, 0.2) is 24.3 Å². The van der Waals surface area contributed by atoms with Gasteiger partial charge in [-0.1, -0.05) is 19.1 Å². The largest absolute Gasteiger partial charge is 0.494 e. The van der Waals surface area contributed by atoms with Gasteiger partial charge in [-0.25, -0.2) is 0 Å². The Labute approximate surface area is 129 Å². The number of nitrogens with one attached hydrogen (secondary N) is 1. The maximum absolute atomic E-state index is 8.96. The lowest BCUT2D eigenvalue weighted by molar-refractivity contribution is 0.284. The van der Waals surface area contributed by atoms with Crippen molar-refractivity contribution >= 4 is 0 Å². The molecule has 0 bridgehead atoms. The Kier molecular flexibility index (Phi) is 7.25. The Morgan fingerprint density at radius 2 is 1.95 bits per heavy atom. The summed E-state index contributed by atoms with van der Waals surface area (Å²) in [6.07, 6.45) is 2.80. The molecule has 1 unspecified atom stereocenters. The van der Waals surface area contributed by atoms with Crippen LogP contribution in [0.5, 0.6) is 5.75 Å². The van der Waals surface area contributed by atoms with Crippen molar-refractivity contribution in [3.8, 4) is 11.8 Å². The molecule has 1 rings (SSSR count). The van der Waals surface area contributed by atoms with E-state index >= 15 is 0 Å². The summed E-state index contributed by atoms with van der Waals surface area (Å²) in [6, 6.07) is 11.1. The molecule has 0 fully saturated rings. The minimum Gasteiger partial charge on any atom is -0.494 e. The molecule has 1 aromatic carbocycles. The fourth-order valence-corrected chi connectivity index (χ4v) is 2.26. The maximum atomic E-state index is 8.96. The van der Waals surface area contributed by atoms with E-state index in [0.29, 0.717) is 12.6 Å². The topological polar surface area (TPSA) is 45.0 Å². The van der Waals surface area contributed by atoms with Crippen LogP contribution in [0.25, 0.3) is 0 Å². The van der Waals surface area contributed by atoms with Crippen molar-refractivity contribution in [1.29, 1.82) is 5.26 Å². The number of ether oxygens (including phenoxy) is 1. The molecule has 1 N–H and O–H groups in total. The Balaban J connectivity index is 2.33. The second-order valence-corrected chi connectivity index (χ2v) is 6.25. The highest BCUT2D eigenvalue weighted by atomic mass is 16.5. The monoisotopic (exact) mass is 288 g/mol. The molecule has 3 heteroatoms. The predicted octanol–water partition coefficient (Wildman–Crippen LogP) is 3.94. The number of hydrogen-bond donors (Lipinski definition) is 1. The van der Waals surface area contributed by atoms with Crippen LogP contribution in [0.4, 0.5) is 0 Å². The average Bonchev–Trinajstić information content (AvgIpc) is 2.45. The van der Waals surface area contributed by atoms with Crippen molar-refractivity contribution in [2.75, 3.05) is 13.2 Å². The molecule has 0 heterocycles. The summed E-state index contributed by atoms with van der Waals surface area (Å²) < 4.78 is 5.73. The number of likely N-dealkylation sites (N-methyl/N-ethyl adjacent to an activating group) is 1. The number of rotatable bonds is 9. The molecule has 0 aliphatic carbocycles. The summed E-state index contributed by atoms with van der Waals surface area (Å²) in [6.45, 7) is 9.92. The standard InChI is InChI=1S/C18H28N2O/c1-5-20-15(2)13-16-7-9-17(10-8-16)21-12-6-11-18(3,4)14-19/h7-10,15,20H,5-6,11-13H2,1-4H3. The highest BCUT2D eigenvalue weighted by Gasteiger charge is 2.15. The zero-order chi connectivity index (χ0) is 15.7. The smallest absolute Gasteiger partial charge is 0.119 e. The third-order valence-corrected chi connectivity index (χ3v) is 3.54. The van der Waals surface area contributed by atoms with Gasteiger partial charge in [0.25, 0.3) is 0 Å². The quantitative estimate of drug-likeness (QED) is 0.700. The molecule has 0 spiro atoms. The van der Waals surface area contributed by atoms with E-state index in [4.69, 9.17) is 10.00 Å². The van der Waals surface area contributed by atoms with E-state index < -0.39 is 0 Å². The van der Waals surface area contributed by atoms with Gasteiger partial charge in [-0.15, -0.1) is 0 Å². The summed E-state index contributed by atoms with van der Waals surface area (Å²) in [5.74, 6) is 0.907. The van der Waals surface area contributed by atoms with Gasteiger partial charge in [-0.05, 0) is 64.3 Å². The molecule has 0 aliphatic rings. The van der Waals surface area contributed by atoms with Crippen molar-refractivity contribution in [3.05, 3.63) is 29.8 Å². The first kappa shape index (κ1) is 17.5. The van der Waals surface area contributed by atoms with E-state index in [2.05, 4.69) is 37.4 Å². The molecule has 3 nitrogen and oxygen atoms in total. The molecule has 0 radical (unpaired) electrons. The SMILES string of the molecule is CCNC(C)Cc1ccc(OCCCC(C)(C)C#N)cc1. The minimum atomic E-state index is -0.254. The first-order valence-electron chi connectivity index (χ1n) is 7.83.